The summed E-state index contributed by atoms with van der Waals surface area (Å²) < 4.78 is 7.80. The van der Waals surface area contributed by atoms with Crippen LogP contribution in [-0.4, -0.2) is 22.7 Å². The van der Waals surface area contributed by atoms with Gasteiger partial charge in [0.15, 0.2) is 0 Å². The fourth-order valence-corrected chi connectivity index (χ4v) is 6.16. The van der Waals surface area contributed by atoms with E-state index in [0.29, 0.717) is 11.5 Å². The van der Waals surface area contributed by atoms with E-state index in [1.54, 1.807) is 6.08 Å². The van der Waals surface area contributed by atoms with E-state index in [4.69, 9.17) is 4.74 Å². The third kappa shape index (κ3) is 4.52. The monoisotopic (exact) mass is 641 g/mol. The first-order valence-corrected chi connectivity index (χ1v) is 12.3. The number of ether oxygens (including phenoxy) is 1. The Labute approximate surface area is 206 Å². The van der Waals surface area contributed by atoms with Crippen molar-refractivity contribution in [2.75, 3.05) is 6.61 Å². The summed E-state index contributed by atoms with van der Waals surface area (Å²) in [5, 5.41) is 1.97. The largest absolute Gasteiger partial charge is 0.492 e. The van der Waals surface area contributed by atoms with Crippen LogP contribution in [0.5, 0.6) is 5.75 Å². The first-order chi connectivity index (χ1) is 14.5. The third-order valence-corrected chi connectivity index (χ3v) is 6.97. The summed E-state index contributed by atoms with van der Waals surface area (Å²) in [4.78, 5) is 27.3. The Bertz CT molecular complexity index is 1190. The molecule has 7 heteroatoms. The number of halogens is 2. The van der Waals surface area contributed by atoms with Gasteiger partial charge in [-0.05, 0) is 104 Å². The number of hydrogen-bond donors (Lipinski definition) is 0. The van der Waals surface area contributed by atoms with Crippen molar-refractivity contribution in [3.8, 4) is 5.75 Å². The molecule has 1 aliphatic heterocycles. The van der Waals surface area contributed by atoms with Crippen LogP contribution in [0, 0.1) is 7.14 Å². The number of rotatable bonds is 5. The van der Waals surface area contributed by atoms with Gasteiger partial charge in [0.25, 0.3) is 11.1 Å². The number of benzene rings is 3. The van der Waals surface area contributed by atoms with Crippen LogP contribution in [0.15, 0.2) is 59.5 Å². The van der Waals surface area contributed by atoms with Gasteiger partial charge in [-0.3, -0.25) is 14.5 Å². The minimum atomic E-state index is -0.269. The van der Waals surface area contributed by atoms with Crippen LogP contribution in [0.4, 0.5) is 4.79 Å². The molecule has 0 saturated carbocycles. The number of thioether (sulfide) groups is 1. The molecule has 152 valence electrons. The third-order valence-electron chi connectivity index (χ3n) is 4.64. The highest BCUT2D eigenvalue weighted by atomic mass is 127. The van der Waals surface area contributed by atoms with E-state index < -0.39 is 0 Å². The van der Waals surface area contributed by atoms with E-state index in [1.165, 1.54) is 4.90 Å². The molecular formula is C23H17I2NO3S. The number of carbonyl (C=O) groups is 2. The highest BCUT2D eigenvalue weighted by Crippen LogP contribution is 2.37. The van der Waals surface area contributed by atoms with Crippen molar-refractivity contribution in [2.45, 2.75) is 13.5 Å². The van der Waals surface area contributed by atoms with Crippen LogP contribution < -0.4 is 4.74 Å². The van der Waals surface area contributed by atoms with Crippen molar-refractivity contribution < 1.29 is 14.3 Å². The summed E-state index contributed by atoms with van der Waals surface area (Å²) >= 11 is 5.44. The smallest absolute Gasteiger partial charge is 0.293 e. The first-order valence-electron chi connectivity index (χ1n) is 9.31. The highest BCUT2D eigenvalue weighted by Gasteiger charge is 2.35. The van der Waals surface area contributed by atoms with Crippen molar-refractivity contribution in [2.24, 2.45) is 0 Å². The van der Waals surface area contributed by atoms with Crippen LogP contribution in [0.1, 0.15) is 18.1 Å². The summed E-state index contributed by atoms with van der Waals surface area (Å²) in [5.41, 5.74) is 1.74. The second-order valence-corrected chi connectivity index (χ2v) is 10.1. The topological polar surface area (TPSA) is 46.6 Å². The number of hydrogen-bond acceptors (Lipinski definition) is 4. The van der Waals surface area contributed by atoms with Crippen molar-refractivity contribution in [3.63, 3.8) is 0 Å². The average molecular weight is 641 g/mol. The molecule has 4 nitrogen and oxygen atoms in total. The minimum absolute atomic E-state index is 0.252. The lowest BCUT2D eigenvalue weighted by Crippen LogP contribution is -2.27. The molecule has 0 unspecified atom stereocenters. The quantitative estimate of drug-likeness (QED) is 0.231. The lowest BCUT2D eigenvalue weighted by Gasteiger charge is -2.13. The molecule has 0 aromatic heterocycles. The molecule has 0 radical (unpaired) electrons. The number of nitrogens with zero attached hydrogens (tertiary/aromatic N) is 1. The molecule has 30 heavy (non-hydrogen) atoms. The van der Waals surface area contributed by atoms with Gasteiger partial charge >= 0.3 is 0 Å². The van der Waals surface area contributed by atoms with Crippen LogP contribution in [0.3, 0.4) is 0 Å². The first kappa shape index (κ1) is 21.6. The van der Waals surface area contributed by atoms with Gasteiger partial charge in [-0.25, -0.2) is 0 Å². The molecule has 0 N–H and O–H groups in total. The van der Waals surface area contributed by atoms with E-state index >= 15 is 0 Å². The van der Waals surface area contributed by atoms with Gasteiger partial charge in [0.2, 0.25) is 0 Å². The van der Waals surface area contributed by atoms with E-state index in [1.807, 2.05) is 61.5 Å². The predicted molar refractivity (Wildman–Crippen MR) is 139 cm³/mol. The fraction of sp³-hybridized carbons (Fsp3) is 0.130. The summed E-state index contributed by atoms with van der Waals surface area (Å²) in [6.07, 6.45) is 1.76. The lowest BCUT2D eigenvalue weighted by molar-refractivity contribution is -0.123. The average Bonchev–Trinajstić information content (AvgIpc) is 2.98. The Morgan fingerprint density at radius 1 is 1.03 bits per heavy atom. The number of amides is 2. The minimum Gasteiger partial charge on any atom is -0.492 e. The Hall–Kier alpha value is -1.59. The number of fused-ring (bicyclic) bond motifs is 1. The van der Waals surface area contributed by atoms with Crippen molar-refractivity contribution in [3.05, 3.63) is 77.8 Å². The molecule has 0 spiro atoms. The predicted octanol–water partition coefficient (Wildman–Crippen LogP) is 6.68. The molecule has 0 aliphatic carbocycles. The van der Waals surface area contributed by atoms with Crippen molar-refractivity contribution >= 4 is 84.9 Å². The SMILES string of the molecule is CCOc1c(I)cc(I)cc1/C=C1\SC(=O)N(Cc2ccc3ccccc3c2)C1=O. The van der Waals surface area contributed by atoms with Crippen LogP contribution in [0.25, 0.3) is 16.8 Å². The second kappa shape index (κ2) is 9.27. The molecule has 1 saturated heterocycles. The van der Waals surface area contributed by atoms with Crippen LogP contribution in [0.2, 0.25) is 0 Å². The van der Waals surface area contributed by atoms with E-state index in [2.05, 4.69) is 45.2 Å². The van der Waals surface area contributed by atoms with Gasteiger partial charge in [0.05, 0.1) is 21.6 Å². The molecule has 3 aromatic rings. The van der Waals surface area contributed by atoms with Crippen LogP contribution >= 0.6 is 56.9 Å². The standard InChI is InChI=1S/C23H17I2NO3S/c1-2-29-21-17(10-18(24)12-19(21)25)11-20-22(27)26(23(28)30-20)13-14-7-8-15-5-3-4-6-16(15)9-14/h3-12H,2,13H2,1H3/b20-11-. The summed E-state index contributed by atoms with van der Waals surface area (Å²) in [6, 6.07) is 18.0. The Morgan fingerprint density at radius 3 is 2.57 bits per heavy atom. The summed E-state index contributed by atoms with van der Waals surface area (Å²) in [7, 11) is 0. The molecular weight excluding hydrogens is 624 g/mol. The summed E-state index contributed by atoms with van der Waals surface area (Å²) in [5.74, 6) is 0.467. The van der Waals surface area contributed by atoms with Crippen LogP contribution in [-0.2, 0) is 11.3 Å². The Kier molecular flexibility index (Phi) is 6.69. The number of imide groups is 1. The zero-order valence-electron chi connectivity index (χ0n) is 16.0. The van der Waals surface area contributed by atoms with E-state index in [0.717, 1.165) is 46.6 Å². The molecule has 1 aliphatic rings. The van der Waals surface area contributed by atoms with Gasteiger partial charge in [-0.2, -0.15) is 0 Å². The molecule has 2 amide bonds. The number of carbonyl (C=O) groups excluding carboxylic acids is 2. The second-order valence-electron chi connectivity index (χ2n) is 6.69. The van der Waals surface area contributed by atoms with E-state index in [9.17, 15) is 9.59 Å². The lowest BCUT2D eigenvalue weighted by atomic mass is 10.1. The highest BCUT2D eigenvalue weighted by molar-refractivity contribution is 14.1. The maximum absolute atomic E-state index is 13.0. The molecule has 4 rings (SSSR count). The molecule has 1 heterocycles. The zero-order valence-corrected chi connectivity index (χ0v) is 21.2. The maximum Gasteiger partial charge on any atom is 0.293 e. The maximum atomic E-state index is 13.0. The van der Waals surface area contributed by atoms with Gasteiger partial charge in [-0.15, -0.1) is 0 Å². The van der Waals surface area contributed by atoms with Gasteiger partial charge in [-0.1, -0.05) is 36.4 Å². The molecule has 0 atom stereocenters. The van der Waals surface area contributed by atoms with Crippen molar-refractivity contribution in [1.82, 2.24) is 4.90 Å². The fourth-order valence-electron chi connectivity index (χ4n) is 3.28. The normalized spacial score (nSPS) is 15.4. The molecule has 3 aromatic carbocycles. The molecule has 0 bridgehead atoms. The zero-order chi connectivity index (χ0) is 21.3. The molecule has 1 fully saturated rings. The van der Waals surface area contributed by atoms with Gasteiger partial charge < -0.3 is 4.74 Å². The Balaban J connectivity index is 1.62. The van der Waals surface area contributed by atoms with E-state index in [-0.39, 0.29) is 17.7 Å². The summed E-state index contributed by atoms with van der Waals surface area (Å²) in [6.45, 7) is 2.71. The van der Waals surface area contributed by atoms with Gasteiger partial charge in [0, 0.05) is 9.13 Å². The Morgan fingerprint density at radius 2 is 1.80 bits per heavy atom. The van der Waals surface area contributed by atoms with Gasteiger partial charge in [0.1, 0.15) is 5.75 Å². The van der Waals surface area contributed by atoms with Crippen molar-refractivity contribution in [1.29, 1.82) is 0 Å².